The van der Waals surface area contributed by atoms with Crippen LogP contribution in [0.5, 0.6) is 0 Å². The Kier molecular flexibility index (Phi) is 3.31. The topological polar surface area (TPSA) is 68.0 Å². The highest BCUT2D eigenvalue weighted by atomic mass is 19.1. The Morgan fingerprint density at radius 1 is 1.40 bits per heavy atom. The fourth-order valence-electron chi connectivity index (χ4n) is 2.05. The third-order valence-electron chi connectivity index (χ3n) is 3.35. The molecule has 0 atom stereocenters. The second-order valence-corrected chi connectivity index (χ2v) is 4.94. The van der Waals surface area contributed by atoms with Crippen molar-refractivity contribution >= 4 is 5.78 Å². The number of aromatic nitrogens is 3. The molecular formula is C14H14FN3O2. The highest BCUT2D eigenvalue weighted by Gasteiger charge is 2.30. The average Bonchev–Trinajstić information content (AvgIpc) is 3.22. The molecule has 20 heavy (non-hydrogen) atoms. The van der Waals surface area contributed by atoms with Gasteiger partial charge in [-0.15, -0.1) is 0 Å². The van der Waals surface area contributed by atoms with Crippen molar-refractivity contribution in [2.75, 3.05) is 0 Å². The van der Waals surface area contributed by atoms with E-state index in [-0.39, 0.29) is 24.9 Å². The maximum absolute atomic E-state index is 12.8. The Hall–Kier alpha value is -2.08. The number of aliphatic hydroxyl groups excluding tert-OH is 1. The summed E-state index contributed by atoms with van der Waals surface area (Å²) in [7, 11) is 0. The average molecular weight is 275 g/mol. The summed E-state index contributed by atoms with van der Waals surface area (Å²) in [6, 6.07) is 4.49. The molecule has 1 fully saturated rings. The van der Waals surface area contributed by atoms with Crippen LogP contribution in [0.25, 0.3) is 11.4 Å². The van der Waals surface area contributed by atoms with Gasteiger partial charge in [-0.25, -0.2) is 4.39 Å². The SMILES string of the molecule is O=C(Cn1nc(-c2ccc(F)cn2)cc1CO)C1CC1. The van der Waals surface area contributed by atoms with Crippen LogP contribution in [0.2, 0.25) is 0 Å². The number of rotatable bonds is 5. The Morgan fingerprint density at radius 2 is 2.20 bits per heavy atom. The minimum absolute atomic E-state index is 0.140. The van der Waals surface area contributed by atoms with Gasteiger partial charge in [0.2, 0.25) is 0 Å². The number of nitrogens with zero attached hydrogens (tertiary/aromatic N) is 3. The number of pyridine rings is 1. The van der Waals surface area contributed by atoms with Crippen molar-refractivity contribution in [2.45, 2.75) is 26.0 Å². The third-order valence-corrected chi connectivity index (χ3v) is 3.35. The summed E-state index contributed by atoms with van der Waals surface area (Å²) < 4.78 is 14.3. The first kappa shape index (κ1) is 12.9. The van der Waals surface area contributed by atoms with Crippen LogP contribution in [0, 0.1) is 11.7 Å². The van der Waals surface area contributed by atoms with Gasteiger partial charge in [0.05, 0.1) is 24.2 Å². The molecule has 0 bridgehead atoms. The molecule has 2 heterocycles. The van der Waals surface area contributed by atoms with E-state index in [1.165, 1.54) is 16.8 Å². The first-order valence-corrected chi connectivity index (χ1v) is 6.49. The zero-order chi connectivity index (χ0) is 14.1. The summed E-state index contributed by atoms with van der Waals surface area (Å²) in [5.74, 6) is -0.126. The van der Waals surface area contributed by atoms with Gasteiger partial charge in [-0.2, -0.15) is 5.10 Å². The lowest BCUT2D eigenvalue weighted by molar-refractivity contribution is -0.121. The van der Waals surface area contributed by atoms with E-state index in [9.17, 15) is 14.3 Å². The number of hydrogen-bond acceptors (Lipinski definition) is 4. The number of carbonyl (C=O) groups excluding carboxylic acids is 1. The summed E-state index contributed by atoms with van der Waals surface area (Å²) in [6.07, 6.45) is 3.00. The molecule has 0 aliphatic heterocycles. The van der Waals surface area contributed by atoms with E-state index >= 15 is 0 Å². The van der Waals surface area contributed by atoms with Crippen molar-refractivity contribution in [1.29, 1.82) is 0 Å². The lowest BCUT2D eigenvalue weighted by atomic mass is 10.2. The quantitative estimate of drug-likeness (QED) is 0.899. The minimum Gasteiger partial charge on any atom is -0.390 e. The Labute approximate surface area is 115 Å². The molecule has 2 aromatic rings. The Morgan fingerprint density at radius 3 is 2.80 bits per heavy atom. The fraction of sp³-hybridized carbons (Fsp3) is 0.357. The van der Waals surface area contributed by atoms with Crippen LogP contribution < -0.4 is 0 Å². The van der Waals surface area contributed by atoms with Crippen LogP contribution in [0.4, 0.5) is 4.39 Å². The van der Waals surface area contributed by atoms with E-state index < -0.39 is 5.82 Å². The van der Waals surface area contributed by atoms with Gasteiger partial charge in [0.1, 0.15) is 18.1 Å². The number of Topliss-reactive ketones (excluding diaryl/α,β-unsaturated/α-hetero) is 1. The summed E-state index contributed by atoms with van der Waals surface area (Å²) >= 11 is 0. The van der Waals surface area contributed by atoms with Gasteiger partial charge < -0.3 is 5.11 Å². The van der Waals surface area contributed by atoms with E-state index in [4.69, 9.17) is 0 Å². The van der Waals surface area contributed by atoms with Gasteiger partial charge in [0.15, 0.2) is 5.78 Å². The van der Waals surface area contributed by atoms with Crippen LogP contribution in [-0.2, 0) is 17.9 Å². The van der Waals surface area contributed by atoms with E-state index in [1.807, 2.05) is 0 Å². The van der Waals surface area contributed by atoms with E-state index in [0.717, 1.165) is 19.0 Å². The second-order valence-electron chi connectivity index (χ2n) is 4.94. The smallest absolute Gasteiger partial charge is 0.157 e. The van der Waals surface area contributed by atoms with E-state index in [1.54, 1.807) is 6.07 Å². The minimum atomic E-state index is -0.417. The normalized spacial score (nSPS) is 14.5. The number of carbonyl (C=O) groups is 1. The molecule has 5 nitrogen and oxygen atoms in total. The maximum Gasteiger partial charge on any atom is 0.157 e. The summed E-state index contributed by atoms with van der Waals surface area (Å²) in [6.45, 7) is -0.0338. The van der Waals surface area contributed by atoms with Gasteiger partial charge in [-0.05, 0) is 31.0 Å². The molecule has 1 aliphatic rings. The van der Waals surface area contributed by atoms with Crippen molar-refractivity contribution < 1.29 is 14.3 Å². The molecule has 0 spiro atoms. The first-order valence-electron chi connectivity index (χ1n) is 6.49. The predicted octanol–water partition coefficient (Wildman–Crippen LogP) is 1.56. The summed E-state index contributed by atoms with van der Waals surface area (Å²) in [4.78, 5) is 15.8. The van der Waals surface area contributed by atoms with Crippen molar-refractivity contribution in [1.82, 2.24) is 14.8 Å². The van der Waals surface area contributed by atoms with Crippen molar-refractivity contribution in [2.24, 2.45) is 5.92 Å². The van der Waals surface area contributed by atoms with Crippen LogP contribution in [0.15, 0.2) is 24.4 Å². The largest absolute Gasteiger partial charge is 0.390 e. The fourth-order valence-corrected chi connectivity index (χ4v) is 2.05. The molecular weight excluding hydrogens is 261 g/mol. The zero-order valence-corrected chi connectivity index (χ0v) is 10.8. The zero-order valence-electron chi connectivity index (χ0n) is 10.8. The monoisotopic (exact) mass is 275 g/mol. The molecule has 6 heteroatoms. The van der Waals surface area contributed by atoms with Gasteiger partial charge >= 0.3 is 0 Å². The van der Waals surface area contributed by atoms with Crippen molar-refractivity contribution in [3.8, 4) is 11.4 Å². The second kappa shape index (κ2) is 5.13. The highest BCUT2D eigenvalue weighted by molar-refractivity contribution is 5.83. The van der Waals surface area contributed by atoms with Crippen molar-refractivity contribution in [3.63, 3.8) is 0 Å². The highest BCUT2D eigenvalue weighted by Crippen LogP contribution is 2.30. The predicted molar refractivity (Wildman–Crippen MR) is 69.1 cm³/mol. The number of ketones is 1. The van der Waals surface area contributed by atoms with Gasteiger partial charge in [-0.3, -0.25) is 14.5 Å². The van der Waals surface area contributed by atoms with Gasteiger partial charge in [0, 0.05) is 5.92 Å². The van der Waals surface area contributed by atoms with Gasteiger partial charge in [0.25, 0.3) is 0 Å². The van der Waals surface area contributed by atoms with Gasteiger partial charge in [-0.1, -0.05) is 0 Å². The lowest BCUT2D eigenvalue weighted by Crippen LogP contribution is -2.15. The molecule has 0 unspecified atom stereocenters. The maximum atomic E-state index is 12.8. The molecule has 2 aromatic heterocycles. The summed E-state index contributed by atoms with van der Waals surface area (Å²) in [5.41, 5.74) is 1.59. The number of halogens is 1. The third kappa shape index (κ3) is 2.60. The van der Waals surface area contributed by atoms with Crippen molar-refractivity contribution in [3.05, 3.63) is 35.9 Å². The molecule has 0 saturated heterocycles. The first-order chi connectivity index (χ1) is 9.67. The number of aliphatic hydroxyl groups is 1. The van der Waals surface area contributed by atoms with Crippen LogP contribution >= 0.6 is 0 Å². The van der Waals surface area contributed by atoms with E-state index in [0.29, 0.717) is 17.1 Å². The Balaban J connectivity index is 1.87. The molecule has 1 aliphatic carbocycles. The lowest BCUT2D eigenvalue weighted by Gasteiger charge is -2.03. The summed E-state index contributed by atoms with van der Waals surface area (Å²) in [5, 5.41) is 13.6. The van der Waals surface area contributed by atoms with Crippen LogP contribution in [-0.4, -0.2) is 25.7 Å². The molecule has 0 amide bonds. The molecule has 0 radical (unpaired) electrons. The Bertz CT molecular complexity index is 632. The molecule has 1 saturated carbocycles. The van der Waals surface area contributed by atoms with Crippen LogP contribution in [0.3, 0.4) is 0 Å². The molecule has 3 rings (SSSR count). The molecule has 1 N–H and O–H groups in total. The molecule has 104 valence electrons. The standard InChI is InChI=1S/C14H14FN3O2/c15-10-3-4-12(16-6-10)13-5-11(8-19)18(17-13)7-14(20)9-1-2-9/h3-6,9,19H,1-2,7-8H2. The van der Waals surface area contributed by atoms with E-state index in [2.05, 4.69) is 10.1 Å². The van der Waals surface area contributed by atoms with Crippen LogP contribution in [0.1, 0.15) is 18.5 Å². The molecule has 0 aromatic carbocycles. The number of hydrogen-bond donors (Lipinski definition) is 1.